The lowest BCUT2D eigenvalue weighted by Crippen LogP contribution is -2.01. The van der Waals surface area contributed by atoms with Gasteiger partial charge in [-0.3, -0.25) is 0 Å². The number of imidazole rings is 1. The minimum Gasteiger partial charge on any atom is -0.248 e. The van der Waals surface area contributed by atoms with Crippen LogP contribution >= 0.6 is 0 Å². The van der Waals surface area contributed by atoms with Crippen molar-refractivity contribution in [2.24, 2.45) is 0 Å². The number of hydrogen-bond acceptors (Lipinski definition) is 4. The molecule has 0 saturated heterocycles. The summed E-state index contributed by atoms with van der Waals surface area (Å²) in [4.78, 5) is 4.54. The van der Waals surface area contributed by atoms with Gasteiger partial charge in [0.1, 0.15) is 12.0 Å². The molecule has 0 saturated carbocycles. The van der Waals surface area contributed by atoms with Crippen molar-refractivity contribution in [2.45, 2.75) is 6.92 Å². The summed E-state index contributed by atoms with van der Waals surface area (Å²) in [5.41, 5.74) is 3.48. The van der Waals surface area contributed by atoms with Crippen molar-refractivity contribution in [3.05, 3.63) is 36.3 Å². The highest BCUT2D eigenvalue weighted by Gasteiger charge is 2.11. The van der Waals surface area contributed by atoms with Crippen molar-refractivity contribution < 1.29 is 0 Å². The second kappa shape index (κ2) is 2.79. The van der Waals surface area contributed by atoms with Crippen molar-refractivity contribution in [1.29, 1.82) is 0 Å². The Balaban J connectivity index is 2.39. The molecule has 0 atom stereocenters. The van der Waals surface area contributed by atoms with Crippen LogP contribution in [0.15, 0.2) is 30.6 Å². The Morgan fingerprint density at radius 2 is 2.06 bits per heavy atom. The SMILES string of the molecule is Cc1nn2c3ccccc3nc2n2cnnc12. The number of nitrogens with zero attached hydrogens (tertiary/aromatic N) is 6. The maximum Gasteiger partial charge on any atom is 0.239 e. The van der Waals surface area contributed by atoms with E-state index in [1.807, 2.05) is 40.1 Å². The van der Waals surface area contributed by atoms with Crippen molar-refractivity contribution in [2.75, 3.05) is 0 Å². The van der Waals surface area contributed by atoms with Gasteiger partial charge >= 0.3 is 0 Å². The standard InChI is InChI=1S/C11H8N6/c1-7-10-14-12-6-16(10)11-13-8-4-2-3-5-9(8)17(11)15-7/h2-6H,1H3. The lowest BCUT2D eigenvalue weighted by molar-refractivity contribution is 0.883. The van der Waals surface area contributed by atoms with E-state index in [2.05, 4.69) is 20.3 Å². The van der Waals surface area contributed by atoms with Gasteiger partial charge in [-0.1, -0.05) is 12.1 Å². The Bertz CT molecular complexity index is 856. The van der Waals surface area contributed by atoms with Gasteiger partial charge in [0.25, 0.3) is 0 Å². The molecule has 3 aromatic heterocycles. The van der Waals surface area contributed by atoms with Gasteiger partial charge < -0.3 is 0 Å². The van der Waals surface area contributed by atoms with Crippen LogP contribution in [0.3, 0.4) is 0 Å². The van der Waals surface area contributed by atoms with Gasteiger partial charge in [-0.2, -0.15) is 9.61 Å². The molecule has 0 aliphatic rings. The molecule has 0 N–H and O–H groups in total. The number of aromatic nitrogens is 6. The van der Waals surface area contributed by atoms with Gasteiger partial charge in [0.05, 0.1) is 11.0 Å². The molecule has 6 nitrogen and oxygen atoms in total. The molecule has 6 heteroatoms. The fourth-order valence-electron chi connectivity index (χ4n) is 2.08. The average Bonchev–Trinajstić information content (AvgIpc) is 2.93. The molecule has 4 aromatic rings. The molecule has 0 spiro atoms. The minimum atomic E-state index is 0.733. The van der Waals surface area contributed by atoms with E-state index in [9.17, 15) is 0 Å². The topological polar surface area (TPSA) is 60.4 Å². The lowest BCUT2D eigenvalue weighted by atomic mass is 10.3. The average molecular weight is 224 g/mol. The predicted octanol–water partition coefficient (Wildman–Crippen LogP) is 1.23. The maximum atomic E-state index is 4.54. The van der Waals surface area contributed by atoms with Gasteiger partial charge in [0, 0.05) is 0 Å². The molecule has 0 bridgehead atoms. The van der Waals surface area contributed by atoms with Crippen LogP contribution in [0.2, 0.25) is 0 Å². The highest BCUT2D eigenvalue weighted by Crippen LogP contribution is 2.16. The zero-order chi connectivity index (χ0) is 11.4. The van der Waals surface area contributed by atoms with E-state index in [-0.39, 0.29) is 0 Å². The van der Waals surface area contributed by atoms with Crippen LogP contribution in [0.1, 0.15) is 5.69 Å². The van der Waals surface area contributed by atoms with E-state index in [1.54, 1.807) is 6.33 Å². The summed E-state index contributed by atoms with van der Waals surface area (Å²) < 4.78 is 3.67. The van der Waals surface area contributed by atoms with Gasteiger partial charge in [0.15, 0.2) is 5.65 Å². The summed E-state index contributed by atoms with van der Waals surface area (Å²) in [5, 5.41) is 12.4. The van der Waals surface area contributed by atoms with E-state index in [1.165, 1.54) is 0 Å². The Labute approximate surface area is 95.5 Å². The Kier molecular flexibility index (Phi) is 1.42. The number of hydrogen-bond donors (Lipinski definition) is 0. The molecule has 82 valence electrons. The monoisotopic (exact) mass is 224 g/mol. The number of para-hydroxylation sites is 2. The third-order valence-corrected chi connectivity index (χ3v) is 2.86. The molecule has 17 heavy (non-hydrogen) atoms. The summed E-state index contributed by atoms with van der Waals surface area (Å²) in [6.45, 7) is 1.91. The van der Waals surface area contributed by atoms with Crippen molar-refractivity contribution in [3.8, 4) is 0 Å². The highest BCUT2D eigenvalue weighted by atomic mass is 15.4. The Morgan fingerprint density at radius 1 is 1.18 bits per heavy atom. The predicted molar refractivity (Wildman–Crippen MR) is 61.8 cm³/mol. The summed E-state index contributed by atoms with van der Waals surface area (Å²) in [6.07, 6.45) is 1.66. The smallest absolute Gasteiger partial charge is 0.239 e. The summed E-state index contributed by atoms with van der Waals surface area (Å²) in [6, 6.07) is 7.91. The fraction of sp³-hybridized carbons (Fsp3) is 0.0909. The van der Waals surface area contributed by atoms with E-state index in [0.29, 0.717) is 0 Å². The summed E-state index contributed by atoms with van der Waals surface area (Å²) in [5.74, 6) is 0.733. The molecular weight excluding hydrogens is 216 g/mol. The molecule has 0 aliphatic heterocycles. The number of benzene rings is 1. The summed E-state index contributed by atoms with van der Waals surface area (Å²) in [7, 11) is 0. The normalized spacial score (nSPS) is 11.8. The molecule has 0 aliphatic carbocycles. The van der Waals surface area contributed by atoms with Crippen LogP contribution < -0.4 is 0 Å². The quantitative estimate of drug-likeness (QED) is 0.451. The first kappa shape index (κ1) is 8.63. The van der Waals surface area contributed by atoms with E-state index >= 15 is 0 Å². The molecule has 0 amide bonds. The van der Waals surface area contributed by atoms with E-state index in [4.69, 9.17) is 0 Å². The van der Waals surface area contributed by atoms with Crippen LogP contribution in [0, 0.1) is 6.92 Å². The summed E-state index contributed by atoms with van der Waals surface area (Å²) >= 11 is 0. The largest absolute Gasteiger partial charge is 0.248 e. The van der Waals surface area contributed by atoms with Gasteiger partial charge in [-0.05, 0) is 19.1 Å². The molecular formula is C11H8N6. The number of aryl methyl sites for hydroxylation is 1. The first-order valence-corrected chi connectivity index (χ1v) is 5.28. The van der Waals surface area contributed by atoms with Crippen molar-refractivity contribution in [3.63, 3.8) is 0 Å². The third-order valence-electron chi connectivity index (χ3n) is 2.86. The van der Waals surface area contributed by atoms with Crippen LogP contribution in [-0.4, -0.2) is 29.2 Å². The zero-order valence-electron chi connectivity index (χ0n) is 9.07. The second-order valence-corrected chi connectivity index (χ2v) is 3.92. The maximum absolute atomic E-state index is 4.54. The van der Waals surface area contributed by atoms with Crippen LogP contribution in [0.25, 0.3) is 22.5 Å². The van der Waals surface area contributed by atoms with E-state index in [0.717, 1.165) is 28.2 Å². The molecule has 4 rings (SSSR count). The van der Waals surface area contributed by atoms with Crippen molar-refractivity contribution in [1.82, 2.24) is 29.2 Å². The highest BCUT2D eigenvalue weighted by molar-refractivity contribution is 5.79. The minimum absolute atomic E-state index is 0.733. The zero-order valence-corrected chi connectivity index (χ0v) is 9.07. The van der Waals surface area contributed by atoms with Gasteiger partial charge in [-0.15, -0.1) is 10.2 Å². The molecule has 1 aromatic carbocycles. The third kappa shape index (κ3) is 0.988. The van der Waals surface area contributed by atoms with Crippen molar-refractivity contribution >= 4 is 22.5 Å². The van der Waals surface area contributed by atoms with Gasteiger partial charge in [-0.25, -0.2) is 9.38 Å². The second-order valence-electron chi connectivity index (χ2n) is 3.92. The first-order chi connectivity index (χ1) is 8.34. The number of fused-ring (bicyclic) bond motifs is 5. The Hall–Kier alpha value is -2.50. The van der Waals surface area contributed by atoms with Gasteiger partial charge in [0.2, 0.25) is 5.78 Å². The van der Waals surface area contributed by atoms with Crippen LogP contribution in [0.4, 0.5) is 0 Å². The fourth-order valence-corrected chi connectivity index (χ4v) is 2.08. The number of rotatable bonds is 0. The molecule has 0 unspecified atom stereocenters. The van der Waals surface area contributed by atoms with Crippen LogP contribution in [-0.2, 0) is 0 Å². The molecule has 3 heterocycles. The molecule has 0 fully saturated rings. The Morgan fingerprint density at radius 3 is 3.00 bits per heavy atom. The molecule has 0 radical (unpaired) electrons. The lowest BCUT2D eigenvalue weighted by Gasteiger charge is -1.99. The first-order valence-electron chi connectivity index (χ1n) is 5.28. The van der Waals surface area contributed by atoms with Crippen LogP contribution in [0.5, 0.6) is 0 Å². The van der Waals surface area contributed by atoms with E-state index < -0.39 is 0 Å².